The van der Waals surface area contributed by atoms with Crippen molar-refractivity contribution in [2.45, 2.75) is 32.9 Å². The van der Waals surface area contributed by atoms with Crippen LogP contribution in [0.25, 0.3) is 11.5 Å². The number of nitrogens with zero attached hydrogens (tertiary/aromatic N) is 2. The second kappa shape index (κ2) is 8.91. The van der Waals surface area contributed by atoms with E-state index in [9.17, 15) is 9.59 Å². The largest absolute Gasteiger partial charge is 0.411 e. The van der Waals surface area contributed by atoms with E-state index in [4.69, 9.17) is 4.42 Å². The summed E-state index contributed by atoms with van der Waals surface area (Å²) >= 11 is 1.07. The van der Waals surface area contributed by atoms with Gasteiger partial charge in [0.15, 0.2) is 0 Å². The van der Waals surface area contributed by atoms with Gasteiger partial charge in [-0.3, -0.25) is 10.1 Å². The molecule has 29 heavy (non-hydrogen) atoms. The zero-order valence-corrected chi connectivity index (χ0v) is 17.5. The smallest absolute Gasteiger partial charge is 0.325 e. The summed E-state index contributed by atoms with van der Waals surface area (Å²) in [6.07, 6.45) is 0. The van der Waals surface area contributed by atoms with Crippen LogP contribution >= 0.6 is 11.8 Å². The number of aryl methyl sites for hydroxylation is 4. The van der Waals surface area contributed by atoms with Crippen LogP contribution in [0.5, 0.6) is 0 Å². The van der Waals surface area contributed by atoms with Crippen molar-refractivity contribution in [2.75, 3.05) is 11.1 Å². The van der Waals surface area contributed by atoms with E-state index in [1.165, 1.54) is 0 Å². The number of imide groups is 1. The lowest BCUT2D eigenvalue weighted by Gasteiger charge is -2.08. The molecule has 3 rings (SSSR count). The Morgan fingerprint density at radius 3 is 2.38 bits per heavy atom. The van der Waals surface area contributed by atoms with Crippen LogP contribution in [0.15, 0.2) is 46.0 Å². The molecule has 0 spiro atoms. The molecule has 0 aliphatic carbocycles. The first kappa shape index (κ1) is 20.6. The molecule has 0 unspecified atom stereocenters. The van der Waals surface area contributed by atoms with Crippen molar-refractivity contribution in [1.82, 2.24) is 15.5 Å². The molecule has 0 aliphatic heterocycles. The SMILES string of the molecule is Cc1cc(C)cc(-c2nnc(SCC(=O)NC(=O)Nc3ccc(C)c(C)c3)o2)c1. The molecule has 0 saturated heterocycles. The van der Waals surface area contributed by atoms with Crippen LogP contribution < -0.4 is 10.6 Å². The summed E-state index contributed by atoms with van der Waals surface area (Å²) in [5.74, 6) is -0.0795. The molecule has 1 aromatic heterocycles. The number of amides is 3. The molecule has 2 N–H and O–H groups in total. The number of rotatable bonds is 5. The lowest BCUT2D eigenvalue weighted by molar-refractivity contribution is -0.117. The van der Waals surface area contributed by atoms with Crippen LogP contribution in [-0.4, -0.2) is 27.9 Å². The fraction of sp³-hybridized carbons (Fsp3) is 0.238. The predicted octanol–water partition coefficient (Wildman–Crippen LogP) is 4.41. The Morgan fingerprint density at radius 1 is 0.966 bits per heavy atom. The Hall–Kier alpha value is -3.13. The first-order valence-corrected chi connectivity index (χ1v) is 10.0. The van der Waals surface area contributed by atoms with Gasteiger partial charge in [-0.25, -0.2) is 4.79 Å². The maximum atomic E-state index is 12.0. The van der Waals surface area contributed by atoms with Crippen LogP contribution in [0.1, 0.15) is 22.3 Å². The van der Waals surface area contributed by atoms with Crippen molar-refractivity contribution in [3.63, 3.8) is 0 Å². The van der Waals surface area contributed by atoms with Gasteiger partial charge in [0.1, 0.15) is 0 Å². The van der Waals surface area contributed by atoms with E-state index in [1.54, 1.807) is 6.07 Å². The molecule has 3 amide bonds. The van der Waals surface area contributed by atoms with Gasteiger partial charge in [0.05, 0.1) is 5.75 Å². The van der Waals surface area contributed by atoms with E-state index in [1.807, 2.05) is 52.0 Å². The molecule has 3 aromatic rings. The van der Waals surface area contributed by atoms with E-state index in [0.717, 1.165) is 39.6 Å². The fourth-order valence-electron chi connectivity index (χ4n) is 2.75. The van der Waals surface area contributed by atoms with E-state index >= 15 is 0 Å². The minimum absolute atomic E-state index is 0.0190. The summed E-state index contributed by atoms with van der Waals surface area (Å²) in [6, 6.07) is 10.9. The van der Waals surface area contributed by atoms with E-state index in [2.05, 4.69) is 26.9 Å². The zero-order valence-electron chi connectivity index (χ0n) is 16.7. The highest BCUT2D eigenvalue weighted by atomic mass is 32.2. The number of anilines is 1. The quantitative estimate of drug-likeness (QED) is 0.605. The summed E-state index contributed by atoms with van der Waals surface area (Å²) in [4.78, 5) is 24.0. The number of thioether (sulfide) groups is 1. The summed E-state index contributed by atoms with van der Waals surface area (Å²) in [7, 11) is 0. The van der Waals surface area contributed by atoms with E-state index in [-0.39, 0.29) is 11.0 Å². The van der Waals surface area contributed by atoms with Crippen LogP contribution in [0.3, 0.4) is 0 Å². The third-order valence-corrected chi connectivity index (χ3v) is 5.04. The van der Waals surface area contributed by atoms with Gasteiger partial charge < -0.3 is 9.73 Å². The highest BCUT2D eigenvalue weighted by molar-refractivity contribution is 7.99. The van der Waals surface area contributed by atoms with Gasteiger partial charge in [0, 0.05) is 11.3 Å². The monoisotopic (exact) mass is 410 g/mol. The Balaban J connectivity index is 1.52. The molecular formula is C21H22N4O3S. The molecule has 7 nitrogen and oxygen atoms in total. The fourth-order valence-corrected chi connectivity index (χ4v) is 3.32. The third-order valence-electron chi connectivity index (χ3n) is 4.22. The predicted molar refractivity (Wildman–Crippen MR) is 113 cm³/mol. The average Bonchev–Trinajstić information content (AvgIpc) is 3.11. The number of hydrogen-bond acceptors (Lipinski definition) is 6. The molecule has 0 bridgehead atoms. The van der Waals surface area contributed by atoms with Crippen LogP contribution in [0.2, 0.25) is 0 Å². The second-order valence-corrected chi connectivity index (χ2v) is 7.77. The number of hydrogen-bond donors (Lipinski definition) is 2. The number of urea groups is 1. The normalized spacial score (nSPS) is 10.6. The summed E-state index contributed by atoms with van der Waals surface area (Å²) in [5.41, 5.74) is 5.84. The third kappa shape index (κ3) is 5.68. The molecule has 150 valence electrons. The van der Waals surface area contributed by atoms with Gasteiger partial charge in [0.25, 0.3) is 5.22 Å². The lowest BCUT2D eigenvalue weighted by atomic mass is 10.1. The minimum Gasteiger partial charge on any atom is -0.411 e. The average molecular weight is 410 g/mol. The molecular weight excluding hydrogens is 388 g/mol. The number of carbonyl (C=O) groups is 2. The van der Waals surface area contributed by atoms with Crippen LogP contribution in [-0.2, 0) is 4.79 Å². The van der Waals surface area contributed by atoms with Crippen molar-refractivity contribution in [3.8, 4) is 11.5 Å². The lowest BCUT2D eigenvalue weighted by Crippen LogP contribution is -2.35. The Morgan fingerprint density at radius 2 is 1.69 bits per heavy atom. The maximum absolute atomic E-state index is 12.0. The zero-order chi connectivity index (χ0) is 21.0. The van der Waals surface area contributed by atoms with Gasteiger partial charge in [0.2, 0.25) is 11.8 Å². The second-order valence-electron chi connectivity index (χ2n) is 6.84. The van der Waals surface area contributed by atoms with Crippen molar-refractivity contribution < 1.29 is 14.0 Å². The van der Waals surface area contributed by atoms with Gasteiger partial charge in [-0.05, 0) is 63.1 Å². The molecule has 0 saturated carbocycles. The number of carbonyl (C=O) groups excluding carboxylic acids is 2. The highest BCUT2D eigenvalue weighted by Gasteiger charge is 2.14. The summed E-state index contributed by atoms with van der Waals surface area (Å²) in [5, 5.41) is 13.2. The standard InChI is InChI=1S/C21H22N4O3S/c1-12-7-13(2)9-16(8-12)19-24-25-21(28-19)29-11-18(26)23-20(27)22-17-6-5-14(3)15(4)10-17/h5-10H,11H2,1-4H3,(H2,22,23,26,27). The Labute approximate surface area is 173 Å². The number of benzene rings is 2. The maximum Gasteiger partial charge on any atom is 0.325 e. The van der Waals surface area contributed by atoms with Gasteiger partial charge in [-0.15, -0.1) is 10.2 Å². The van der Waals surface area contributed by atoms with Crippen LogP contribution in [0, 0.1) is 27.7 Å². The van der Waals surface area contributed by atoms with Crippen molar-refractivity contribution in [3.05, 3.63) is 58.7 Å². The molecule has 0 aliphatic rings. The van der Waals surface area contributed by atoms with Gasteiger partial charge in [-0.1, -0.05) is 35.0 Å². The van der Waals surface area contributed by atoms with Gasteiger partial charge in [-0.2, -0.15) is 0 Å². The van der Waals surface area contributed by atoms with E-state index < -0.39 is 11.9 Å². The summed E-state index contributed by atoms with van der Waals surface area (Å²) in [6.45, 7) is 7.94. The first-order valence-electron chi connectivity index (χ1n) is 9.03. The van der Waals surface area contributed by atoms with Crippen molar-refractivity contribution in [2.24, 2.45) is 0 Å². The number of nitrogens with one attached hydrogen (secondary N) is 2. The molecule has 0 radical (unpaired) electrons. The van der Waals surface area contributed by atoms with Crippen molar-refractivity contribution >= 4 is 29.4 Å². The first-order chi connectivity index (χ1) is 13.8. The van der Waals surface area contributed by atoms with E-state index in [0.29, 0.717) is 11.6 Å². The molecule has 1 heterocycles. The van der Waals surface area contributed by atoms with Crippen LogP contribution in [0.4, 0.5) is 10.5 Å². The summed E-state index contributed by atoms with van der Waals surface area (Å²) < 4.78 is 5.62. The highest BCUT2D eigenvalue weighted by Crippen LogP contribution is 2.24. The molecule has 0 fully saturated rings. The minimum atomic E-state index is -0.583. The molecule has 8 heteroatoms. The molecule has 0 atom stereocenters. The number of aromatic nitrogens is 2. The Bertz CT molecular complexity index is 1040. The van der Waals surface area contributed by atoms with Gasteiger partial charge >= 0.3 is 6.03 Å². The topological polar surface area (TPSA) is 97.1 Å². The van der Waals surface area contributed by atoms with Crippen molar-refractivity contribution in [1.29, 1.82) is 0 Å². The molecule has 2 aromatic carbocycles. The Kier molecular flexibility index (Phi) is 6.33.